The molecule has 0 bridgehead atoms. The van der Waals surface area contributed by atoms with Crippen molar-refractivity contribution in [3.63, 3.8) is 0 Å². The van der Waals surface area contributed by atoms with Gasteiger partial charge in [0.05, 0.1) is 0 Å². The Hall–Kier alpha value is -1.40. The van der Waals surface area contributed by atoms with E-state index in [2.05, 4.69) is 0 Å². The van der Waals surface area contributed by atoms with Gasteiger partial charge in [0.1, 0.15) is 0 Å². The number of halogens is 2. The summed E-state index contributed by atoms with van der Waals surface area (Å²) in [5.74, 6) is 0. The fourth-order valence-electron chi connectivity index (χ4n) is 3.16. The Morgan fingerprint density at radius 2 is 1.46 bits per heavy atom. The van der Waals surface area contributed by atoms with Gasteiger partial charge in [-0.1, -0.05) is 0 Å². The summed E-state index contributed by atoms with van der Waals surface area (Å²) in [5.41, 5.74) is 0.392. The van der Waals surface area contributed by atoms with Crippen molar-refractivity contribution in [2.75, 3.05) is 21.3 Å². The third-order valence-corrected chi connectivity index (χ3v) is 8.85. The molecular weight excluding hydrogens is 400 g/mol. The minimum atomic E-state index is -4.44. The Morgan fingerprint density at radius 1 is 0.923 bits per heavy atom. The molecule has 2 aromatic rings. The summed E-state index contributed by atoms with van der Waals surface area (Å²) in [4.78, 5) is 0.369. The molecule has 3 rings (SSSR count). The van der Waals surface area contributed by atoms with E-state index in [1.807, 2.05) is 6.07 Å². The van der Waals surface area contributed by atoms with Gasteiger partial charge in [-0.25, -0.2) is 0 Å². The molecule has 1 atom stereocenters. The average Bonchev–Trinajstić information content (AvgIpc) is 2.93. The standard InChI is InChI=1S/C17H18Cl2NO5P/c1-22-26(23-2,24-3)17(15-13(18)10-7-11-14(15)19)16(20(21)25-26)12-8-5-4-6-9-12/h4-11,17H,1-3H3. The average molecular weight is 418 g/mol. The van der Waals surface area contributed by atoms with Crippen LogP contribution in [0, 0.1) is 5.21 Å². The van der Waals surface area contributed by atoms with Crippen LogP contribution < -0.4 is 0 Å². The van der Waals surface area contributed by atoms with E-state index in [0.717, 1.165) is 0 Å². The van der Waals surface area contributed by atoms with Gasteiger partial charge in [0.15, 0.2) is 0 Å². The summed E-state index contributed by atoms with van der Waals surface area (Å²) < 4.78 is 22.6. The normalized spacial score (nSPS) is 22.5. The van der Waals surface area contributed by atoms with Gasteiger partial charge in [-0.2, -0.15) is 0 Å². The van der Waals surface area contributed by atoms with E-state index in [0.29, 0.717) is 26.1 Å². The van der Waals surface area contributed by atoms with Gasteiger partial charge in [-0.05, 0) is 0 Å². The topological polar surface area (TPSA) is 63.0 Å². The molecule has 0 radical (unpaired) electrons. The van der Waals surface area contributed by atoms with Gasteiger partial charge in [0, 0.05) is 0 Å². The zero-order chi connectivity index (χ0) is 19.0. The Balaban J connectivity index is 2.37. The van der Waals surface area contributed by atoms with Gasteiger partial charge in [0.2, 0.25) is 0 Å². The maximum absolute atomic E-state index is 12.8. The summed E-state index contributed by atoms with van der Waals surface area (Å²) in [6, 6.07) is 14.1. The first kappa shape index (κ1) is 19.4. The number of benzene rings is 2. The molecule has 0 spiro atoms. The quantitative estimate of drug-likeness (QED) is 0.498. The van der Waals surface area contributed by atoms with Crippen LogP contribution in [0.4, 0.5) is 0 Å². The summed E-state index contributed by atoms with van der Waals surface area (Å²) in [6.07, 6.45) is 0. The number of hydrogen-bond acceptors (Lipinski definition) is 5. The van der Waals surface area contributed by atoms with Crippen LogP contribution in [-0.4, -0.2) is 31.9 Å². The predicted octanol–water partition coefficient (Wildman–Crippen LogP) is 5.13. The molecule has 26 heavy (non-hydrogen) atoms. The predicted molar refractivity (Wildman–Crippen MR) is 102 cm³/mol. The third kappa shape index (κ3) is 2.69. The SMILES string of the molecule is COP1(OC)(OC)O[N+]([O-])=C(c2ccccc2)C1c1c(Cl)cccc1Cl. The summed E-state index contributed by atoms with van der Waals surface area (Å²) >= 11 is 12.9. The molecule has 0 N–H and O–H groups in total. The molecular formula is C17H18Cl2NO5P. The second-order valence-corrected chi connectivity index (χ2v) is 9.87. The molecule has 0 fully saturated rings. The third-order valence-electron chi connectivity index (χ3n) is 4.43. The Labute approximate surface area is 161 Å². The van der Waals surface area contributed by atoms with Gasteiger partial charge in [-0.15, -0.1) is 0 Å². The van der Waals surface area contributed by atoms with Crippen LogP contribution in [0.2, 0.25) is 10.0 Å². The van der Waals surface area contributed by atoms with Crippen LogP contribution in [0.15, 0.2) is 48.5 Å². The van der Waals surface area contributed by atoms with E-state index in [4.69, 9.17) is 41.4 Å². The molecule has 2 aromatic carbocycles. The van der Waals surface area contributed by atoms with Crippen molar-refractivity contribution in [2.24, 2.45) is 0 Å². The molecule has 1 unspecified atom stereocenters. The van der Waals surface area contributed by atoms with E-state index in [9.17, 15) is 5.21 Å². The monoisotopic (exact) mass is 417 g/mol. The van der Waals surface area contributed by atoms with Crippen molar-refractivity contribution in [3.8, 4) is 0 Å². The van der Waals surface area contributed by atoms with E-state index in [1.54, 1.807) is 42.5 Å². The fourth-order valence-corrected chi connectivity index (χ4v) is 7.00. The van der Waals surface area contributed by atoms with Crippen LogP contribution >= 0.6 is 30.7 Å². The maximum atomic E-state index is 12.8. The van der Waals surface area contributed by atoms with E-state index >= 15 is 0 Å². The first-order valence-corrected chi connectivity index (χ1v) is 10.4. The zero-order valence-corrected chi connectivity index (χ0v) is 16.8. The second kappa shape index (κ2) is 6.97. The summed E-state index contributed by atoms with van der Waals surface area (Å²) in [5, 5.41) is 13.5. The number of hydrogen-bond donors (Lipinski definition) is 0. The summed E-state index contributed by atoms with van der Waals surface area (Å²) in [7, 11) is -0.340. The zero-order valence-electron chi connectivity index (χ0n) is 14.4. The molecule has 0 saturated heterocycles. The Kier molecular flexibility index (Phi) is 5.19. The molecule has 0 amide bonds. The second-order valence-electron chi connectivity index (χ2n) is 5.54. The van der Waals surface area contributed by atoms with Crippen molar-refractivity contribution in [1.82, 2.24) is 0 Å². The fraction of sp³-hybridized carbons (Fsp3) is 0.235. The first-order chi connectivity index (χ1) is 12.4. The molecule has 1 aliphatic rings. The van der Waals surface area contributed by atoms with E-state index < -0.39 is 13.2 Å². The van der Waals surface area contributed by atoms with E-state index in [-0.39, 0.29) is 5.71 Å². The van der Waals surface area contributed by atoms with Crippen molar-refractivity contribution in [3.05, 3.63) is 74.9 Å². The molecule has 1 aliphatic heterocycles. The molecule has 140 valence electrons. The molecule has 6 nitrogen and oxygen atoms in total. The van der Waals surface area contributed by atoms with Crippen molar-refractivity contribution < 1.29 is 23.1 Å². The molecule has 0 aliphatic carbocycles. The summed E-state index contributed by atoms with van der Waals surface area (Å²) in [6.45, 7) is 0. The van der Waals surface area contributed by atoms with Gasteiger partial charge < -0.3 is 0 Å². The van der Waals surface area contributed by atoms with Crippen LogP contribution in [0.25, 0.3) is 0 Å². The van der Waals surface area contributed by atoms with Gasteiger partial charge in [0.25, 0.3) is 0 Å². The number of nitrogens with zero attached hydrogens (tertiary/aromatic N) is 1. The van der Waals surface area contributed by atoms with E-state index in [1.165, 1.54) is 21.3 Å². The minimum absolute atomic E-state index is 0.240. The Bertz CT molecular complexity index is 826. The van der Waals surface area contributed by atoms with Crippen molar-refractivity contribution in [1.29, 1.82) is 0 Å². The van der Waals surface area contributed by atoms with Crippen molar-refractivity contribution in [2.45, 2.75) is 5.66 Å². The molecule has 0 aromatic heterocycles. The molecule has 9 heteroatoms. The van der Waals surface area contributed by atoms with Crippen LogP contribution in [0.5, 0.6) is 0 Å². The van der Waals surface area contributed by atoms with Gasteiger partial charge in [-0.3, -0.25) is 0 Å². The van der Waals surface area contributed by atoms with Crippen molar-refractivity contribution >= 4 is 36.4 Å². The van der Waals surface area contributed by atoms with Gasteiger partial charge >= 0.3 is 161 Å². The Morgan fingerprint density at radius 3 is 1.96 bits per heavy atom. The molecule has 1 heterocycles. The van der Waals surface area contributed by atoms with Crippen LogP contribution in [-0.2, 0) is 18.2 Å². The van der Waals surface area contributed by atoms with Crippen LogP contribution in [0.1, 0.15) is 16.8 Å². The number of rotatable bonds is 5. The van der Waals surface area contributed by atoms with Crippen LogP contribution in [0.3, 0.4) is 0 Å². The molecule has 0 saturated carbocycles. The first-order valence-electron chi connectivity index (χ1n) is 7.66.